The Labute approximate surface area is 116 Å². The van der Waals surface area contributed by atoms with E-state index < -0.39 is 0 Å². The summed E-state index contributed by atoms with van der Waals surface area (Å²) < 4.78 is 0. The van der Waals surface area contributed by atoms with Crippen molar-refractivity contribution < 1.29 is 4.79 Å². The zero-order valence-corrected chi connectivity index (χ0v) is 12.2. The van der Waals surface area contributed by atoms with Crippen molar-refractivity contribution in [2.75, 3.05) is 5.32 Å². The molecule has 0 radical (unpaired) electrons. The summed E-state index contributed by atoms with van der Waals surface area (Å²) in [5.41, 5.74) is -0.0323. The maximum Gasteiger partial charge on any atom is 0.229 e. The fourth-order valence-electron chi connectivity index (χ4n) is 2.50. The SMILES string of the molecule is CC1(C)C(C(=O)Nc2cc(Cl)nc(Cl)n2)C1(C)C. The van der Waals surface area contributed by atoms with Crippen LogP contribution in [-0.4, -0.2) is 15.9 Å². The summed E-state index contributed by atoms with van der Waals surface area (Å²) in [6.45, 7) is 8.32. The molecule has 1 N–H and O–H groups in total. The second-order valence-corrected chi connectivity index (χ2v) is 6.44. The van der Waals surface area contributed by atoms with Gasteiger partial charge in [0.1, 0.15) is 11.0 Å². The van der Waals surface area contributed by atoms with Crippen LogP contribution < -0.4 is 5.32 Å². The topological polar surface area (TPSA) is 54.9 Å². The van der Waals surface area contributed by atoms with Gasteiger partial charge in [0.2, 0.25) is 11.2 Å². The third-order valence-corrected chi connectivity index (χ3v) is 4.56. The number of rotatable bonds is 2. The third-order valence-electron chi connectivity index (χ3n) is 4.20. The molecule has 6 heteroatoms. The average molecular weight is 288 g/mol. The summed E-state index contributed by atoms with van der Waals surface area (Å²) in [5.74, 6) is 0.233. The smallest absolute Gasteiger partial charge is 0.229 e. The average Bonchev–Trinajstić information content (AvgIpc) is 2.54. The number of carbonyl (C=O) groups excluding carboxylic acids is 1. The summed E-state index contributed by atoms with van der Waals surface area (Å²) in [7, 11) is 0. The Hall–Kier alpha value is -0.870. The molecule has 1 aliphatic rings. The zero-order chi connectivity index (χ0) is 13.7. The maximum atomic E-state index is 12.2. The van der Waals surface area contributed by atoms with Crippen LogP contribution in [0.3, 0.4) is 0 Å². The highest BCUT2D eigenvalue weighted by atomic mass is 35.5. The van der Waals surface area contributed by atoms with Gasteiger partial charge in [0, 0.05) is 12.0 Å². The highest BCUT2D eigenvalue weighted by molar-refractivity contribution is 6.32. The molecular formula is C12H15Cl2N3O. The van der Waals surface area contributed by atoms with Gasteiger partial charge >= 0.3 is 0 Å². The van der Waals surface area contributed by atoms with E-state index in [1.165, 1.54) is 6.07 Å². The number of amides is 1. The lowest BCUT2D eigenvalue weighted by atomic mass is 10.0. The van der Waals surface area contributed by atoms with E-state index in [9.17, 15) is 4.79 Å². The van der Waals surface area contributed by atoms with Crippen LogP contribution in [0, 0.1) is 16.7 Å². The van der Waals surface area contributed by atoms with Gasteiger partial charge in [-0.2, -0.15) is 0 Å². The monoisotopic (exact) mass is 287 g/mol. The van der Waals surface area contributed by atoms with E-state index >= 15 is 0 Å². The molecule has 4 nitrogen and oxygen atoms in total. The summed E-state index contributed by atoms with van der Waals surface area (Å²) in [6, 6.07) is 1.48. The van der Waals surface area contributed by atoms with Crippen molar-refractivity contribution in [3.63, 3.8) is 0 Å². The molecule has 0 bridgehead atoms. The molecule has 0 aliphatic heterocycles. The normalized spacial score (nSPS) is 20.6. The number of halogens is 2. The van der Waals surface area contributed by atoms with Crippen molar-refractivity contribution >= 4 is 34.9 Å². The molecular weight excluding hydrogens is 273 g/mol. The first-order valence-corrected chi connectivity index (χ1v) is 6.43. The van der Waals surface area contributed by atoms with Crippen LogP contribution in [0.5, 0.6) is 0 Å². The fraction of sp³-hybridized carbons (Fsp3) is 0.583. The van der Waals surface area contributed by atoms with Crippen LogP contribution in [0.1, 0.15) is 27.7 Å². The molecule has 98 valence electrons. The number of aromatic nitrogens is 2. The molecule has 1 aromatic rings. The minimum absolute atomic E-state index is 0.0162. The first-order chi connectivity index (χ1) is 8.16. The molecule has 1 fully saturated rings. The summed E-state index contributed by atoms with van der Waals surface area (Å²) in [6.07, 6.45) is 0. The van der Waals surface area contributed by atoms with E-state index in [2.05, 4.69) is 43.0 Å². The predicted octanol–water partition coefficient (Wildman–Crippen LogP) is 3.40. The number of nitrogens with zero attached hydrogens (tertiary/aromatic N) is 2. The Kier molecular flexibility index (Phi) is 3.06. The summed E-state index contributed by atoms with van der Waals surface area (Å²) in [4.78, 5) is 19.8. The molecule has 0 unspecified atom stereocenters. The molecule has 0 saturated heterocycles. The lowest BCUT2D eigenvalue weighted by molar-refractivity contribution is -0.118. The number of anilines is 1. The largest absolute Gasteiger partial charge is 0.310 e. The van der Waals surface area contributed by atoms with E-state index in [4.69, 9.17) is 23.2 Å². The molecule has 2 rings (SSSR count). The van der Waals surface area contributed by atoms with Crippen LogP contribution in [0.4, 0.5) is 5.82 Å². The van der Waals surface area contributed by atoms with E-state index in [-0.39, 0.29) is 33.1 Å². The Balaban J connectivity index is 2.14. The predicted molar refractivity (Wildman–Crippen MR) is 71.7 cm³/mol. The van der Waals surface area contributed by atoms with Crippen molar-refractivity contribution in [1.29, 1.82) is 0 Å². The van der Waals surface area contributed by atoms with Crippen molar-refractivity contribution in [3.8, 4) is 0 Å². The van der Waals surface area contributed by atoms with Crippen LogP contribution in [0.15, 0.2) is 6.07 Å². The Bertz CT molecular complexity index is 480. The molecule has 0 spiro atoms. The molecule has 1 aromatic heterocycles. The fourth-order valence-corrected chi connectivity index (χ4v) is 2.91. The third kappa shape index (κ3) is 2.08. The molecule has 18 heavy (non-hydrogen) atoms. The quantitative estimate of drug-likeness (QED) is 0.670. The molecule has 1 amide bonds. The minimum atomic E-state index is -0.0594. The van der Waals surface area contributed by atoms with Gasteiger partial charge in [-0.05, 0) is 22.4 Å². The molecule has 0 atom stereocenters. The molecule has 1 heterocycles. The van der Waals surface area contributed by atoms with Crippen LogP contribution in [0.25, 0.3) is 0 Å². The first kappa shape index (κ1) is 13.6. The number of nitrogens with one attached hydrogen (secondary N) is 1. The lowest BCUT2D eigenvalue weighted by Gasteiger charge is -2.06. The summed E-state index contributed by atoms with van der Waals surface area (Å²) in [5, 5.41) is 2.97. The van der Waals surface area contributed by atoms with E-state index in [1.54, 1.807) is 0 Å². The van der Waals surface area contributed by atoms with Gasteiger partial charge in [-0.25, -0.2) is 9.97 Å². The highest BCUT2D eigenvalue weighted by Gasteiger charge is 2.68. The van der Waals surface area contributed by atoms with Gasteiger partial charge in [-0.15, -0.1) is 0 Å². The van der Waals surface area contributed by atoms with E-state index in [1.807, 2.05) is 0 Å². The lowest BCUT2D eigenvalue weighted by Crippen LogP contribution is -2.18. The van der Waals surface area contributed by atoms with Gasteiger partial charge in [-0.1, -0.05) is 39.3 Å². The van der Waals surface area contributed by atoms with Gasteiger partial charge in [-0.3, -0.25) is 4.79 Å². The second-order valence-electron chi connectivity index (χ2n) is 5.71. The maximum absolute atomic E-state index is 12.2. The number of carbonyl (C=O) groups is 1. The van der Waals surface area contributed by atoms with E-state index in [0.717, 1.165) is 0 Å². The van der Waals surface area contributed by atoms with Crippen LogP contribution in [0.2, 0.25) is 10.4 Å². The number of hydrogen-bond donors (Lipinski definition) is 1. The first-order valence-electron chi connectivity index (χ1n) is 5.67. The minimum Gasteiger partial charge on any atom is -0.310 e. The standard InChI is InChI=1S/C12H15Cl2N3O/c1-11(2)8(12(11,3)4)9(18)16-7-5-6(13)15-10(14)17-7/h5,8H,1-4H3,(H,15,16,17,18). The van der Waals surface area contributed by atoms with Crippen LogP contribution in [-0.2, 0) is 4.79 Å². The Morgan fingerprint density at radius 2 is 1.78 bits per heavy atom. The van der Waals surface area contributed by atoms with Gasteiger partial charge in [0.15, 0.2) is 0 Å². The highest BCUT2D eigenvalue weighted by Crippen LogP contribution is 2.68. The van der Waals surface area contributed by atoms with E-state index in [0.29, 0.717) is 5.82 Å². The Morgan fingerprint density at radius 3 is 2.22 bits per heavy atom. The molecule has 1 saturated carbocycles. The zero-order valence-electron chi connectivity index (χ0n) is 10.7. The Morgan fingerprint density at radius 1 is 1.22 bits per heavy atom. The van der Waals surface area contributed by atoms with Crippen molar-refractivity contribution in [2.45, 2.75) is 27.7 Å². The second kappa shape index (κ2) is 4.07. The van der Waals surface area contributed by atoms with Gasteiger partial charge < -0.3 is 5.32 Å². The van der Waals surface area contributed by atoms with Gasteiger partial charge in [0.25, 0.3) is 0 Å². The van der Waals surface area contributed by atoms with Crippen molar-refractivity contribution in [1.82, 2.24) is 9.97 Å². The van der Waals surface area contributed by atoms with Crippen molar-refractivity contribution in [2.24, 2.45) is 16.7 Å². The number of hydrogen-bond acceptors (Lipinski definition) is 3. The van der Waals surface area contributed by atoms with Gasteiger partial charge in [0.05, 0.1) is 0 Å². The summed E-state index contributed by atoms with van der Waals surface area (Å²) >= 11 is 11.4. The molecule has 0 aromatic carbocycles. The van der Waals surface area contributed by atoms with Crippen molar-refractivity contribution in [3.05, 3.63) is 16.5 Å². The molecule has 1 aliphatic carbocycles. The van der Waals surface area contributed by atoms with Crippen LogP contribution >= 0.6 is 23.2 Å².